The summed E-state index contributed by atoms with van der Waals surface area (Å²) in [5.74, 6) is 1.43. The number of carbonyl (C=O) groups is 1. The van der Waals surface area contributed by atoms with Gasteiger partial charge in [0.1, 0.15) is 0 Å². The van der Waals surface area contributed by atoms with Crippen LogP contribution >= 0.6 is 0 Å². The standard InChI is InChI=1S/C26H29N7O3/c1-15-17(10-32-13-22(34)23(35)14-32)11-33(30-15)24-7-8-27-26(29-24)28-18-5-6-21-19(9-18)20(12-31(21)2)25(36)16-3-4-16/h5-9,11-12,16,22-23,34-35H,3-4,10,13-14H2,1-2H3,(H,27,28,29). The normalized spacial score (nSPS) is 20.3. The van der Waals surface area contributed by atoms with Crippen LogP contribution in [0.15, 0.2) is 42.9 Å². The van der Waals surface area contributed by atoms with Gasteiger partial charge in [-0.25, -0.2) is 9.67 Å². The van der Waals surface area contributed by atoms with Crippen molar-refractivity contribution >= 4 is 28.3 Å². The van der Waals surface area contributed by atoms with Gasteiger partial charge in [-0.3, -0.25) is 9.69 Å². The molecule has 4 aromatic rings. The number of nitrogens with zero attached hydrogens (tertiary/aromatic N) is 6. The molecule has 1 saturated carbocycles. The number of Topliss-reactive ketones (excluding diaryl/α,β-unsaturated/α-hetero) is 1. The number of ketones is 1. The number of aryl methyl sites for hydroxylation is 2. The van der Waals surface area contributed by atoms with Crippen LogP contribution in [-0.4, -0.2) is 70.5 Å². The predicted octanol–water partition coefficient (Wildman–Crippen LogP) is 2.34. The van der Waals surface area contributed by atoms with Gasteiger partial charge in [0.05, 0.1) is 17.9 Å². The summed E-state index contributed by atoms with van der Waals surface area (Å²) >= 11 is 0. The smallest absolute Gasteiger partial charge is 0.229 e. The van der Waals surface area contributed by atoms with Crippen molar-refractivity contribution in [1.82, 2.24) is 29.2 Å². The zero-order valence-electron chi connectivity index (χ0n) is 20.3. The number of hydrogen-bond acceptors (Lipinski definition) is 8. The zero-order valence-corrected chi connectivity index (χ0v) is 20.3. The number of likely N-dealkylation sites (tertiary alicyclic amines) is 1. The molecule has 1 aliphatic carbocycles. The number of hydrogen-bond donors (Lipinski definition) is 3. The Balaban J connectivity index is 1.23. The van der Waals surface area contributed by atoms with E-state index in [1.54, 1.807) is 16.9 Å². The Morgan fingerprint density at radius 1 is 1.14 bits per heavy atom. The van der Waals surface area contributed by atoms with Crippen LogP contribution in [0.5, 0.6) is 0 Å². The average Bonchev–Trinajstić information content (AvgIpc) is 3.48. The predicted molar refractivity (Wildman–Crippen MR) is 134 cm³/mol. The van der Waals surface area contributed by atoms with Crippen molar-refractivity contribution in [3.63, 3.8) is 0 Å². The van der Waals surface area contributed by atoms with Crippen LogP contribution in [-0.2, 0) is 13.6 Å². The van der Waals surface area contributed by atoms with Crippen LogP contribution in [0.4, 0.5) is 11.6 Å². The van der Waals surface area contributed by atoms with E-state index in [-0.39, 0.29) is 11.7 Å². The molecule has 2 atom stereocenters. The van der Waals surface area contributed by atoms with Gasteiger partial charge in [-0.15, -0.1) is 0 Å². The van der Waals surface area contributed by atoms with E-state index in [0.29, 0.717) is 31.4 Å². The molecule has 186 valence electrons. The van der Waals surface area contributed by atoms with Gasteiger partial charge >= 0.3 is 0 Å². The van der Waals surface area contributed by atoms with E-state index in [1.807, 2.05) is 54.0 Å². The number of nitrogens with one attached hydrogen (secondary N) is 1. The van der Waals surface area contributed by atoms with E-state index in [9.17, 15) is 15.0 Å². The highest BCUT2D eigenvalue weighted by Gasteiger charge is 2.32. The molecule has 36 heavy (non-hydrogen) atoms. The summed E-state index contributed by atoms with van der Waals surface area (Å²) in [6.07, 6.45) is 6.05. The number of aliphatic hydroxyl groups excluding tert-OH is 2. The molecular formula is C26H29N7O3. The van der Waals surface area contributed by atoms with Crippen LogP contribution in [0, 0.1) is 12.8 Å². The molecule has 2 fully saturated rings. The number of β-amino-alcohol motifs (C(OH)–C–C–N with tert-alkyl or cyclic N) is 2. The zero-order chi connectivity index (χ0) is 25.0. The molecule has 0 spiro atoms. The fourth-order valence-corrected chi connectivity index (χ4v) is 4.88. The van der Waals surface area contributed by atoms with Crippen molar-refractivity contribution in [3.05, 3.63) is 59.7 Å². The summed E-state index contributed by atoms with van der Waals surface area (Å²) < 4.78 is 3.71. The van der Waals surface area contributed by atoms with Gasteiger partial charge in [-0.2, -0.15) is 10.1 Å². The first-order valence-corrected chi connectivity index (χ1v) is 12.2. The molecule has 10 nitrogen and oxygen atoms in total. The maximum absolute atomic E-state index is 12.8. The highest BCUT2D eigenvalue weighted by molar-refractivity contribution is 6.10. The van der Waals surface area contributed by atoms with Gasteiger partial charge < -0.3 is 20.1 Å². The molecule has 2 aliphatic rings. The van der Waals surface area contributed by atoms with E-state index in [4.69, 9.17) is 0 Å². The molecule has 1 aliphatic heterocycles. The van der Waals surface area contributed by atoms with Gasteiger partial charge in [0.15, 0.2) is 11.6 Å². The first kappa shape index (κ1) is 22.8. The number of rotatable bonds is 7. The summed E-state index contributed by atoms with van der Waals surface area (Å²) in [4.78, 5) is 23.8. The van der Waals surface area contributed by atoms with E-state index < -0.39 is 12.2 Å². The Morgan fingerprint density at radius 2 is 1.92 bits per heavy atom. The minimum absolute atomic E-state index is 0.162. The lowest BCUT2D eigenvalue weighted by Gasteiger charge is -2.13. The Morgan fingerprint density at radius 3 is 2.67 bits per heavy atom. The minimum atomic E-state index is -0.714. The summed E-state index contributed by atoms with van der Waals surface area (Å²) in [7, 11) is 1.96. The van der Waals surface area contributed by atoms with Crippen molar-refractivity contribution in [2.45, 2.75) is 38.5 Å². The summed E-state index contributed by atoms with van der Waals surface area (Å²) in [5, 5.41) is 28.5. The second-order valence-corrected chi connectivity index (χ2v) is 9.90. The lowest BCUT2D eigenvalue weighted by molar-refractivity contribution is 0.0572. The third-order valence-electron chi connectivity index (χ3n) is 7.06. The van der Waals surface area contributed by atoms with E-state index >= 15 is 0 Å². The van der Waals surface area contributed by atoms with Gasteiger partial charge in [0.25, 0.3) is 0 Å². The number of aliphatic hydroxyl groups is 2. The van der Waals surface area contributed by atoms with Gasteiger partial charge in [-0.05, 0) is 38.0 Å². The molecule has 3 aromatic heterocycles. The molecule has 0 bridgehead atoms. The Labute approximate surface area is 208 Å². The number of fused-ring (bicyclic) bond motifs is 1. The maximum atomic E-state index is 12.8. The third-order valence-corrected chi connectivity index (χ3v) is 7.06. The Bertz CT molecular complexity index is 1450. The molecule has 2 unspecified atom stereocenters. The summed E-state index contributed by atoms with van der Waals surface area (Å²) in [5.41, 5.74) is 4.45. The highest BCUT2D eigenvalue weighted by atomic mass is 16.3. The lowest BCUT2D eigenvalue weighted by Crippen LogP contribution is -2.22. The van der Waals surface area contributed by atoms with Gasteiger partial charge in [0.2, 0.25) is 5.95 Å². The topological polar surface area (TPSA) is 121 Å². The van der Waals surface area contributed by atoms with E-state index in [1.165, 1.54) is 0 Å². The molecule has 4 heterocycles. The number of benzene rings is 1. The van der Waals surface area contributed by atoms with Crippen molar-refractivity contribution in [3.8, 4) is 5.82 Å². The number of aromatic nitrogens is 5. The SMILES string of the molecule is Cc1nn(-c2ccnc(Nc3ccc4c(c3)c(C(=O)C3CC3)cn4C)n2)cc1CN1CC(O)C(O)C1. The van der Waals surface area contributed by atoms with Gasteiger partial charge in [-0.1, -0.05) is 0 Å². The lowest BCUT2D eigenvalue weighted by atomic mass is 10.1. The van der Waals surface area contributed by atoms with E-state index in [0.717, 1.165) is 46.3 Å². The van der Waals surface area contributed by atoms with Crippen LogP contribution in [0.25, 0.3) is 16.7 Å². The van der Waals surface area contributed by atoms with Crippen LogP contribution < -0.4 is 5.32 Å². The molecule has 6 rings (SSSR count). The van der Waals surface area contributed by atoms with E-state index in [2.05, 4.69) is 20.4 Å². The van der Waals surface area contributed by atoms with Crippen LogP contribution in [0.1, 0.15) is 34.5 Å². The van der Waals surface area contributed by atoms with Crippen molar-refractivity contribution in [1.29, 1.82) is 0 Å². The Hall–Kier alpha value is -3.60. The van der Waals surface area contributed by atoms with Crippen LogP contribution in [0.3, 0.4) is 0 Å². The van der Waals surface area contributed by atoms with Crippen molar-refractivity contribution in [2.75, 3.05) is 18.4 Å². The summed E-state index contributed by atoms with van der Waals surface area (Å²) in [6, 6.07) is 7.73. The third kappa shape index (κ3) is 4.27. The van der Waals surface area contributed by atoms with Gasteiger partial charge in [0, 0.05) is 85.0 Å². The number of anilines is 2. The maximum Gasteiger partial charge on any atom is 0.229 e. The monoisotopic (exact) mass is 487 g/mol. The molecule has 10 heteroatoms. The molecule has 1 saturated heterocycles. The molecule has 3 N–H and O–H groups in total. The number of carbonyl (C=O) groups excluding carboxylic acids is 1. The molecular weight excluding hydrogens is 458 g/mol. The first-order valence-electron chi connectivity index (χ1n) is 12.2. The first-order chi connectivity index (χ1) is 17.4. The van der Waals surface area contributed by atoms with Crippen molar-refractivity contribution < 1.29 is 15.0 Å². The van der Waals surface area contributed by atoms with Crippen LogP contribution in [0.2, 0.25) is 0 Å². The second kappa shape index (κ2) is 8.81. The fraction of sp³-hybridized carbons (Fsp3) is 0.385. The van der Waals surface area contributed by atoms with Crippen molar-refractivity contribution in [2.24, 2.45) is 13.0 Å². The molecule has 0 radical (unpaired) electrons. The highest BCUT2D eigenvalue weighted by Crippen LogP contribution is 2.36. The summed E-state index contributed by atoms with van der Waals surface area (Å²) in [6.45, 7) is 3.40. The fourth-order valence-electron chi connectivity index (χ4n) is 4.88. The molecule has 0 amide bonds. The second-order valence-electron chi connectivity index (χ2n) is 9.90. The Kier molecular flexibility index (Phi) is 5.59. The quantitative estimate of drug-likeness (QED) is 0.340. The largest absolute Gasteiger partial charge is 0.389 e. The minimum Gasteiger partial charge on any atom is -0.389 e. The average molecular weight is 488 g/mol. The molecule has 1 aromatic carbocycles.